The van der Waals surface area contributed by atoms with Crippen molar-refractivity contribution in [3.05, 3.63) is 80.0 Å². The number of carbonyl (C=O) groups is 2. The van der Waals surface area contributed by atoms with Gasteiger partial charge in [-0.2, -0.15) is 0 Å². The van der Waals surface area contributed by atoms with Crippen molar-refractivity contribution >= 4 is 102 Å². The number of hydrogen-bond donors (Lipinski definition) is 3. The van der Waals surface area contributed by atoms with Crippen LogP contribution >= 0.6 is 90.4 Å². The quantitative estimate of drug-likeness (QED) is 0.151. The van der Waals surface area contributed by atoms with Gasteiger partial charge >= 0.3 is 11.9 Å². The first kappa shape index (κ1) is 28.8. The normalized spacial score (nSPS) is 12.6. The SMILES string of the molecule is N[C@@H](Cc1cc(I)c(Oc2cc(I)c(OC(=O)[C@@H](N)Cc3ccccc3)c(I)c2)c(I)c1)C(=O)O. The van der Waals surface area contributed by atoms with Crippen LogP contribution in [0.4, 0.5) is 0 Å². The van der Waals surface area contributed by atoms with Crippen molar-refractivity contribution in [3.8, 4) is 17.2 Å². The summed E-state index contributed by atoms with van der Waals surface area (Å²) in [6, 6.07) is 15.1. The Bertz CT molecular complexity index is 1190. The number of rotatable bonds is 9. The molecule has 0 bridgehead atoms. The van der Waals surface area contributed by atoms with E-state index >= 15 is 0 Å². The summed E-state index contributed by atoms with van der Waals surface area (Å²) >= 11 is 8.51. The molecule has 0 aliphatic carbocycles. The molecule has 3 aromatic rings. The molecule has 0 fully saturated rings. The zero-order valence-electron chi connectivity index (χ0n) is 18.0. The lowest BCUT2D eigenvalue weighted by atomic mass is 10.1. The Kier molecular flexibility index (Phi) is 10.8. The molecule has 0 radical (unpaired) electrons. The summed E-state index contributed by atoms with van der Waals surface area (Å²) in [6.45, 7) is 0. The predicted molar refractivity (Wildman–Crippen MR) is 167 cm³/mol. The molecule has 2 atom stereocenters. The number of nitrogens with two attached hydrogens (primary N) is 2. The number of carboxylic acids is 1. The molecule has 11 heteroatoms. The molecule has 0 saturated carbocycles. The van der Waals surface area contributed by atoms with E-state index in [9.17, 15) is 9.59 Å². The molecule has 35 heavy (non-hydrogen) atoms. The minimum absolute atomic E-state index is 0.226. The lowest BCUT2D eigenvalue weighted by Crippen LogP contribution is -2.36. The summed E-state index contributed by atoms with van der Waals surface area (Å²) < 4.78 is 14.9. The van der Waals surface area contributed by atoms with E-state index in [1.165, 1.54) is 0 Å². The molecule has 0 aliphatic heterocycles. The standard InChI is InChI=1S/C24H20I4N2O5/c25-15-6-13(9-19(29)23(31)32)7-16(26)21(15)34-14-10-17(27)22(18(28)11-14)35-24(33)20(30)8-12-4-2-1-3-5-12/h1-7,10-11,19-20H,8-9,29-30H2,(H,31,32)/t19-,20-/m0/s1. The molecule has 7 nitrogen and oxygen atoms in total. The molecule has 0 aliphatic rings. The fourth-order valence-electron chi connectivity index (χ4n) is 3.11. The third-order valence-corrected chi connectivity index (χ3v) is 8.03. The van der Waals surface area contributed by atoms with Gasteiger partial charge in [-0.15, -0.1) is 0 Å². The Morgan fingerprint density at radius 1 is 0.771 bits per heavy atom. The molecule has 3 aromatic carbocycles. The van der Waals surface area contributed by atoms with Crippen LogP contribution in [-0.2, 0) is 22.4 Å². The maximum atomic E-state index is 12.6. The second-order valence-corrected chi connectivity index (χ2v) is 12.2. The Labute approximate surface area is 257 Å². The second kappa shape index (κ2) is 13.2. The molecule has 3 rings (SSSR count). The number of ether oxygens (including phenoxy) is 2. The van der Waals surface area contributed by atoms with Crippen molar-refractivity contribution in [2.45, 2.75) is 24.9 Å². The van der Waals surface area contributed by atoms with Gasteiger partial charge < -0.3 is 26.0 Å². The smallest absolute Gasteiger partial charge is 0.328 e. The maximum Gasteiger partial charge on any atom is 0.328 e. The first-order chi connectivity index (χ1) is 16.5. The first-order valence-corrected chi connectivity index (χ1v) is 14.5. The van der Waals surface area contributed by atoms with Crippen LogP contribution in [0.1, 0.15) is 11.1 Å². The van der Waals surface area contributed by atoms with E-state index < -0.39 is 24.0 Å². The van der Waals surface area contributed by atoms with Crippen LogP contribution in [-0.4, -0.2) is 29.1 Å². The lowest BCUT2D eigenvalue weighted by Gasteiger charge is -2.16. The average molecular weight is 924 g/mol. The Morgan fingerprint density at radius 2 is 1.29 bits per heavy atom. The molecule has 0 amide bonds. The molecule has 0 saturated heterocycles. The van der Waals surface area contributed by atoms with Crippen LogP contribution in [0.2, 0.25) is 0 Å². The number of aliphatic carboxylic acids is 1. The highest BCUT2D eigenvalue weighted by Gasteiger charge is 2.21. The van der Waals surface area contributed by atoms with Gasteiger partial charge in [-0.1, -0.05) is 30.3 Å². The van der Waals surface area contributed by atoms with E-state index in [0.29, 0.717) is 30.8 Å². The van der Waals surface area contributed by atoms with Crippen LogP contribution in [0.25, 0.3) is 0 Å². The zero-order chi connectivity index (χ0) is 25.7. The number of esters is 1. The highest BCUT2D eigenvalue weighted by Crippen LogP contribution is 2.37. The fourth-order valence-corrected chi connectivity index (χ4v) is 7.16. The van der Waals surface area contributed by atoms with Crippen molar-refractivity contribution in [2.75, 3.05) is 0 Å². The minimum atomic E-state index is -1.04. The highest BCUT2D eigenvalue weighted by molar-refractivity contribution is 14.1. The van der Waals surface area contributed by atoms with Crippen LogP contribution in [0.15, 0.2) is 54.6 Å². The van der Waals surface area contributed by atoms with Crippen LogP contribution in [0.3, 0.4) is 0 Å². The van der Waals surface area contributed by atoms with E-state index in [4.69, 9.17) is 26.0 Å². The first-order valence-electron chi connectivity index (χ1n) is 10.2. The zero-order valence-corrected chi connectivity index (χ0v) is 26.6. The summed E-state index contributed by atoms with van der Waals surface area (Å²) in [5, 5.41) is 9.06. The Hall–Kier alpha value is -0.760. The maximum absolute atomic E-state index is 12.6. The van der Waals surface area contributed by atoms with E-state index in [1.54, 1.807) is 12.1 Å². The van der Waals surface area contributed by atoms with Crippen molar-refractivity contribution in [1.82, 2.24) is 0 Å². The van der Waals surface area contributed by atoms with Crippen molar-refractivity contribution in [3.63, 3.8) is 0 Å². The van der Waals surface area contributed by atoms with Crippen LogP contribution in [0, 0.1) is 14.3 Å². The summed E-state index contributed by atoms with van der Waals surface area (Å²) in [5.41, 5.74) is 13.5. The van der Waals surface area contributed by atoms with Crippen molar-refractivity contribution < 1.29 is 24.2 Å². The van der Waals surface area contributed by atoms with Gasteiger partial charge in [-0.05, 0) is 139 Å². The number of carbonyl (C=O) groups excluding carboxylic acids is 1. The van der Waals surface area contributed by atoms with Gasteiger partial charge in [0.15, 0.2) is 11.5 Å². The molecular weight excluding hydrogens is 904 g/mol. The number of halogens is 4. The fraction of sp³-hybridized carbons (Fsp3) is 0.167. The highest BCUT2D eigenvalue weighted by atomic mass is 127. The van der Waals surface area contributed by atoms with Crippen LogP contribution < -0.4 is 20.9 Å². The summed E-state index contributed by atoms with van der Waals surface area (Å²) in [4.78, 5) is 23.7. The molecule has 0 heterocycles. The third-order valence-electron chi connectivity index (χ3n) is 4.83. The lowest BCUT2D eigenvalue weighted by molar-refractivity contribution is -0.138. The monoisotopic (exact) mass is 924 g/mol. The van der Waals surface area contributed by atoms with E-state index in [-0.39, 0.29) is 6.42 Å². The van der Waals surface area contributed by atoms with Gasteiger partial charge in [-0.3, -0.25) is 4.79 Å². The molecular formula is C24H20I4N2O5. The molecule has 5 N–H and O–H groups in total. The van der Waals surface area contributed by atoms with Gasteiger partial charge in [0, 0.05) is 0 Å². The van der Waals surface area contributed by atoms with E-state index in [0.717, 1.165) is 18.3 Å². The van der Waals surface area contributed by atoms with E-state index in [2.05, 4.69) is 90.4 Å². The van der Waals surface area contributed by atoms with Crippen LogP contribution in [0.5, 0.6) is 17.2 Å². The third kappa shape index (κ3) is 8.11. The van der Waals surface area contributed by atoms with Gasteiger partial charge in [0.2, 0.25) is 0 Å². The summed E-state index contributed by atoms with van der Waals surface area (Å²) in [6.07, 6.45) is 0.613. The topological polar surface area (TPSA) is 125 Å². The van der Waals surface area contributed by atoms with Crippen molar-refractivity contribution in [2.24, 2.45) is 11.5 Å². The van der Waals surface area contributed by atoms with Crippen molar-refractivity contribution in [1.29, 1.82) is 0 Å². The number of hydrogen-bond acceptors (Lipinski definition) is 6. The Morgan fingerprint density at radius 3 is 1.83 bits per heavy atom. The minimum Gasteiger partial charge on any atom is -0.480 e. The van der Waals surface area contributed by atoms with Gasteiger partial charge in [0.25, 0.3) is 0 Å². The van der Waals surface area contributed by atoms with Gasteiger partial charge in [-0.25, -0.2) is 4.79 Å². The summed E-state index contributed by atoms with van der Waals surface area (Å²) in [7, 11) is 0. The van der Waals surface area contributed by atoms with E-state index in [1.807, 2.05) is 42.5 Å². The summed E-state index contributed by atoms with van der Waals surface area (Å²) in [5.74, 6) is 0.131. The molecule has 0 unspecified atom stereocenters. The Balaban J connectivity index is 1.74. The largest absolute Gasteiger partial charge is 0.480 e. The molecule has 0 aromatic heterocycles. The predicted octanol–water partition coefficient (Wildman–Crippen LogP) is 5.33. The molecule has 184 valence electrons. The van der Waals surface area contributed by atoms with Gasteiger partial charge in [0.05, 0.1) is 14.3 Å². The average Bonchev–Trinajstić information content (AvgIpc) is 2.79. The number of benzene rings is 3. The second-order valence-electron chi connectivity index (χ2n) is 7.57. The molecule has 0 spiro atoms. The van der Waals surface area contributed by atoms with Gasteiger partial charge in [0.1, 0.15) is 17.8 Å². The number of carboxylic acid groups (broad SMARTS) is 1.